The van der Waals surface area contributed by atoms with Crippen molar-refractivity contribution >= 4 is 45.6 Å². The van der Waals surface area contributed by atoms with Gasteiger partial charge in [-0.1, -0.05) is 28.1 Å². The number of urea groups is 1. The topological polar surface area (TPSA) is 141 Å². The van der Waals surface area contributed by atoms with Crippen molar-refractivity contribution in [3.63, 3.8) is 0 Å². The Morgan fingerprint density at radius 1 is 1.22 bits per heavy atom. The summed E-state index contributed by atoms with van der Waals surface area (Å²) in [6.07, 6.45) is 1.25. The van der Waals surface area contributed by atoms with E-state index in [1.54, 1.807) is 0 Å². The Labute approximate surface area is 216 Å². The van der Waals surface area contributed by atoms with Crippen molar-refractivity contribution in [2.24, 2.45) is 0 Å². The number of esters is 1. The van der Waals surface area contributed by atoms with Crippen LogP contribution in [0.15, 0.2) is 63.1 Å². The number of carbonyl (C=O) groups excluding carboxylic acids is 3. The Bertz CT molecular complexity index is 1430. The molecule has 1 aliphatic rings. The highest BCUT2D eigenvalue weighted by molar-refractivity contribution is 9.10. The van der Waals surface area contributed by atoms with Gasteiger partial charge < -0.3 is 19.2 Å². The Morgan fingerprint density at radius 3 is 2.62 bits per heavy atom. The monoisotopic (exact) mass is 573 g/mol. The molecule has 1 N–H and O–H groups in total. The van der Waals surface area contributed by atoms with Gasteiger partial charge >= 0.3 is 17.7 Å². The van der Waals surface area contributed by atoms with Gasteiger partial charge in [-0.05, 0) is 42.0 Å². The third-order valence-electron chi connectivity index (χ3n) is 5.18. The molecule has 0 unspecified atom stereocenters. The van der Waals surface area contributed by atoms with Gasteiger partial charge in [-0.2, -0.15) is 0 Å². The average Bonchev–Trinajstić information content (AvgIpc) is 3.44. The molecule has 4 rings (SSSR count). The predicted octanol–water partition coefficient (Wildman–Crippen LogP) is 4.55. The highest BCUT2D eigenvalue weighted by Crippen LogP contribution is 2.37. The Hall–Kier alpha value is -4.52. The number of imide groups is 1. The third kappa shape index (κ3) is 5.67. The van der Waals surface area contributed by atoms with Crippen LogP contribution in [0.4, 0.5) is 14.9 Å². The number of benzene rings is 2. The predicted molar refractivity (Wildman–Crippen MR) is 129 cm³/mol. The minimum atomic E-state index is -0.759. The number of rotatable bonds is 8. The number of nitrogens with zero attached hydrogens (tertiary/aromatic N) is 2. The van der Waals surface area contributed by atoms with Crippen LogP contribution in [0.3, 0.4) is 0 Å². The minimum absolute atomic E-state index is 0.0929. The molecule has 3 amide bonds. The molecule has 0 bridgehead atoms. The van der Waals surface area contributed by atoms with E-state index < -0.39 is 28.6 Å². The summed E-state index contributed by atoms with van der Waals surface area (Å²) in [7, 11) is 1.18. The zero-order chi connectivity index (χ0) is 26.7. The quantitative estimate of drug-likeness (QED) is 0.136. The number of nitro benzene ring substituents is 1. The highest BCUT2D eigenvalue weighted by Gasteiger charge is 2.35. The molecule has 1 fully saturated rings. The maximum absolute atomic E-state index is 13.2. The molecule has 0 radical (unpaired) electrons. The SMILES string of the molecule is COC(=O)c1ccc(CN2C(=O)N/C(=C\c3cc(Br)cc([N+](=O)[O-])c3OCc3ccc(F)cc3)C2=O)o1. The van der Waals surface area contributed by atoms with Gasteiger partial charge in [0, 0.05) is 16.1 Å². The molecule has 0 saturated carbocycles. The zero-order valence-corrected chi connectivity index (χ0v) is 20.6. The van der Waals surface area contributed by atoms with Gasteiger partial charge in [-0.3, -0.25) is 19.8 Å². The van der Waals surface area contributed by atoms with Crippen molar-refractivity contribution in [3.8, 4) is 5.75 Å². The number of nitro groups is 1. The van der Waals surface area contributed by atoms with E-state index in [1.807, 2.05) is 0 Å². The summed E-state index contributed by atoms with van der Waals surface area (Å²) in [4.78, 5) is 48.9. The van der Waals surface area contributed by atoms with E-state index in [4.69, 9.17) is 9.15 Å². The fourth-order valence-corrected chi connectivity index (χ4v) is 3.90. The molecular weight excluding hydrogens is 557 g/mol. The first-order valence-electron chi connectivity index (χ1n) is 10.5. The number of nitrogens with one attached hydrogen (secondary N) is 1. The van der Waals surface area contributed by atoms with Crippen LogP contribution in [-0.4, -0.2) is 34.8 Å². The van der Waals surface area contributed by atoms with Crippen molar-refractivity contribution in [1.82, 2.24) is 10.2 Å². The van der Waals surface area contributed by atoms with Crippen LogP contribution in [0.1, 0.15) is 27.4 Å². The van der Waals surface area contributed by atoms with Crippen LogP contribution >= 0.6 is 15.9 Å². The van der Waals surface area contributed by atoms with Gasteiger partial charge in [-0.15, -0.1) is 0 Å². The van der Waals surface area contributed by atoms with Crippen LogP contribution in [0.2, 0.25) is 0 Å². The van der Waals surface area contributed by atoms with E-state index in [2.05, 4.69) is 26.0 Å². The second-order valence-electron chi connectivity index (χ2n) is 7.65. The van der Waals surface area contributed by atoms with E-state index >= 15 is 0 Å². The van der Waals surface area contributed by atoms with E-state index in [1.165, 1.54) is 61.7 Å². The number of amides is 3. The van der Waals surface area contributed by atoms with Crippen molar-refractivity contribution in [2.45, 2.75) is 13.2 Å². The number of hydrogen-bond donors (Lipinski definition) is 1. The lowest BCUT2D eigenvalue weighted by atomic mass is 10.1. The van der Waals surface area contributed by atoms with Gasteiger partial charge in [0.05, 0.1) is 18.6 Å². The number of furan rings is 1. The van der Waals surface area contributed by atoms with E-state index in [9.17, 15) is 28.9 Å². The van der Waals surface area contributed by atoms with E-state index in [0.29, 0.717) is 10.0 Å². The first-order valence-corrected chi connectivity index (χ1v) is 11.3. The first-order chi connectivity index (χ1) is 17.7. The normalized spacial score (nSPS) is 14.1. The second-order valence-corrected chi connectivity index (χ2v) is 8.57. The Kier molecular flexibility index (Phi) is 7.34. The molecule has 0 spiro atoms. The van der Waals surface area contributed by atoms with Crippen LogP contribution < -0.4 is 10.1 Å². The lowest BCUT2D eigenvalue weighted by molar-refractivity contribution is -0.386. The minimum Gasteiger partial charge on any atom is -0.482 e. The number of hydrogen-bond acceptors (Lipinski definition) is 8. The molecular formula is C24H17BrFN3O8. The average molecular weight is 574 g/mol. The van der Waals surface area contributed by atoms with Crippen LogP contribution in [0.5, 0.6) is 5.75 Å². The smallest absolute Gasteiger partial charge is 0.373 e. The number of ether oxygens (including phenoxy) is 2. The standard InChI is InChI=1S/C24H17BrFN3O8/c1-35-23(31)20-7-6-17(37-20)11-28-22(30)18(27-24(28)32)9-14-8-15(25)10-19(29(33)34)21(14)36-12-13-2-4-16(26)5-3-13/h2-10H,11-12H2,1H3,(H,27,32)/b18-9-. The van der Waals surface area contributed by atoms with Crippen LogP contribution in [0, 0.1) is 15.9 Å². The lowest BCUT2D eigenvalue weighted by Crippen LogP contribution is -2.30. The fourth-order valence-electron chi connectivity index (χ4n) is 3.44. The molecule has 3 aromatic rings. The summed E-state index contributed by atoms with van der Waals surface area (Å²) >= 11 is 3.21. The Morgan fingerprint density at radius 2 is 1.95 bits per heavy atom. The summed E-state index contributed by atoms with van der Waals surface area (Å²) < 4.78 is 29.1. The molecule has 1 aliphatic heterocycles. The summed E-state index contributed by atoms with van der Waals surface area (Å²) in [5.41, 5.74) is 0.143. The summed E-state index contributed by atoms with van der Waals surface area (Å²) in [5, 5.41) is 14.1. The molecule has 1 aromatic heterocycles. The molecule has 11 nitrogen and oxygen atoms in total. The molecule has 37 heavy (non-hydrogen) atoms. The zero-order valence-electron chi connectivity index (χ0n) is 19.0. The molecule has 1 saturated heterocycles. The van der Waals surface area contributed by atoms with Crippen molar-refractivity contribution < 1.29 is 37.6 Å². The van der Waals surface area contributed by atoms with Crippen molar-refractivity contribution in [2.75, 3.05) is 7.11 Å². The van der Waals surface area contributed by atoms with Gasteiger partial charge in [0.15, 0.2) is 0 Å². The fraction of sp³-hybridized carbons (Fsp3) is 0.125. The van der Waals surface area contributed by atoms with Gasteiger partial charge in [0.1, 0.15) is 23.9 Å². The third-order valence-corrected chi connectivity index (χ3v) is 5.64. The van der Waals surface area contributed by atoms with E-state index in [-0.39, 0.29) is 47.4 Å². The van der Waals surface area contributed by atoms with Crippen LogP contribution in [-0.2, 0) is 22.7 Å². The number of carbonyl (C=O) groups is 3. The summed E-state index contributed by atoms with van der Waals surface area (Å²) in [6, 6.07) is 10.1. The number of methoxy groups -OCH3 is 1. The maximum Gasteiger partial charge on any atom is 0.373 e. The summed E-state index contributed by atoms with van der Waals surface area (Å²) in [6.45, 7) is -0.391. The number of halogens is 2. The van der Waals surface area contributed by atoms with Crippen molar-refractivity contribution in [3.05, 3.63) is 97.3 Å². The van der Waals surface area contributed by atoms with Gasteiger partial charge in [0.2, 0.25) is 11.5 Å². The van der Waals surface area contributed by atoms with E-state index in [0.717, 1.165) is 4.90 Å². The molecule has 0 aliphatic carbocycles. The van der Waals surface area contributed by atoms with Crippen molar-refractivity contribution in [1.29, 1.82) is 0 Å². The highest BCUT2D eigenvalue weighted by atomic mass is 79.9. The molecule has 0 atom stereocenters. The molecule has 2 aromatic carbocycles. The molecule has 190 valence electrons. The largest absolute Gasteiger partial charge is 0.482 e. The lowest BCUT2D eigenvalue weighted by Gasteiger charge is -2.11. The Balaban J connectivity index is 1.62. The first kappa shape index (κ1) is 25.6. The maximum atomic E-state index is 13.2. The van der Waals surface area contributed by atoms with Gasteiger partial charge in [0.25, 0.3) is 5.91 Å². The summed E-state index contributed by atoms with van der Waals surface area (Å²) in [5.74, 6) is -1.97. The molecule has 2 heterocycles. The van der Waals surface area contributed by atoms with Gasteiger partial charge in [-0.25, -0.2) is 14.0 Å². The molecule has 13 heteroatoms. The second kappa shape index (κ2) is 10.6. The van der Waals surface area contributed by atoms with Crippen LogP contribution in [0.25, 0.3) is 6.08 Å².